The Labute approximate surface area is 110 Å². The molecule has 2 rings (SSSR count). The van der Waals surface area contributed by atoms with E-state index in [1.165, 1.54) is 6.07 Å². The van der Waals surface area contributed by atoms with E-state index in [1.807, 2.05) is 30.3 Å². The van der Waals surface area contributed by atoms with Gasteiger partial charge in [0.1, 0.15) is 11.6 Å². The van der Waals surface area contributed by atoms with Crippen LogP contribution in [0.5, 0.6) is 0 Å². The van der Waals surface area contributed by atoms with Crippen LogP contribution in [0.2, 0.25) is 5.02 Å². The Morgan fingerprint density at radius 1 is 1.00 bits per heavy atom. The molecule has 0 saturated heterocycles. The van der Waals surface area contributed by atoms with Crippen molar-refractivity contribution in [3.63, 3.8) is 0 Å². The molecule has 0 fully saturated rings. The summed E-state index contributed by atoms with van der Waals surface area (Å²) in [5.41, 5.74) is 1.29. The number of hydrogen-bond donors (Lipinski definition) is 0. The summed E-state index contributed by atoms with van der Waals surface area (Å²) >= 11 is 5.67. The van der Waals surface area contributed by atoms with Crippen LogP contribution in [-0.4, -0.2) is 5.78 Å². The summed E-state index contributed by atoms with van der Waals surface area (Å²) in [7, 11) is 0. The summed E-state index contributed by atoms with van der Waals surface area (Å²) in [5, 5.41) is 0.0556. The summed E-state index contributed by atoms with van der Waals surface area (Å²) in [6, 6.07) is 14.1. The maximum atomic E-state index is 13.6. The molecular weight excluding hydrogens is 251 g/mol. The van der Waals surface area contributed by atoms with E-state index in [2.05, 4.69) is 0 Å². The molecular formula is C15H12ClFO. The molecule has 0 N–H and O–H groups in total. The van der Waals surface area contributed by atoms with E-state index in [1.54, 1.807) is 12.1 Å². The lowest BCUT2D eigenvalue weighted by atomic mass is 10.0. The minimum Gasteiger partial charge on any atom is -0.299 e. The zero-order chi connectivity index (χ0) is 13.0. The molecule has 18 heavy (non-hydrogen) atoms. The van der Waals surface area contributed by atoms with E-state index in [-0.39, 0.29) is 17.2 Å². The smallest absolute Gasteiger partial charge is 0.145 e. The van der Waals surface area contributed by atoms with Crippen molar-refractivity contribution < 1.29 is 9.18 Å². The molecule has 3 heteroatoms. The SMILES string of the molecule is O=C(Cc1ccccc1)Cc1cccc(Cl)c1F. The first kappa shape index (κ1) is 12.8. The minimum atomic E-state index is -0.499. The molecule has 2 aromatic carbocycles. The Morgan fingerprint density at radius 3 is 2.44 bits per heavy atom. The molecule has 0 spiro atoms. The highest BCUT2D eigenvalue weighted by molar-refractivity contribution is 6.30. The number of halogens is 2. The number of Topliss-reactive ketones (excluding diaryl/α,β-unsaturated/α-hetero) is 1. The quantitative estimate of drug-likeness (QED) is 0.818. The molecule has 0 aromatic heterocycles. The molecule has 2 aromatic rings. The molecule has 0 atom stereocenters. The average Bonchev–Trinajstić information content (AvgIpc) is 2.36. The van der Waals surface area contributed by atoms with E-state index in [9.17, 15) is 9.18 Å². The van der Waals surface area contributed by atoms with Gasteiger partial charge >= 0.3 is 0 Å². The van der Waals surface area contributed by atoms with Crippen LogP contribution in [-0.2, 0) is 17.6 Å². The average molecular weight is 263 g/mol. The van der Waals surface area contributed by atoms with E-state index < -0.39 is 5.82 Å². The first-order valence-corrected chi connectivity index (χ1v) is 6.03. The summed E-state index contributed by atoms with van der Waals surface area (Å²) in [5.74, 6) is -0.525. The number of hydrogen-bond acceptors (Lipinski definition) is 1. The van der Waals surface area contributed by atoms with Gasteiger partial charge in [0.2, 0.25) is 0 Å². The van der Waals surface area contributed by atoms with Gasteiger partial charge in [0, 0.05) is 12.8 Å². The van der Waals surface area contributed by atoms with Gasteiger partial charge in [-0.15, -0.1) is 0 Å². The van der Waals surface area contributed by atoms with Gasteiger partial charge in [0.15, 0.2) is 0 Å². The highest BCUT2D eigenvalue weighted by Crippen LogP contribution is 2.18. The normalized spacial score (nSPS) is 10.3. The van der Waals surface area contributed by atoms with Gasteiger partial charge in [-0.2, -0.15) is 0 Å². The third-order valence-corrected chi connectivity index (χ3v) is 2.96. The van der Waals surface area contributed by atoms with Crippen LogP contribution in [0.3, 0.4) is 0 Å². The first-order valence-electron chi connectivity index (χ1n) is 5.65. The topological polar surface area (TPSA) is 17.1 Å². The van der Waals surface area contributed by atoms with Gasteiger partial charge in [-0.05, 0) is 17.2 Å². The monoisotopic (exact) mass is 262 g/mol. The number of ketones is 1. The standard InChI is InChI=1S/C15H12ClFO/c16-14-8-4-7-12(15(14)17)10-13(18)9-11-5-2-1-3-6-11/h1-8H,9-10H2. The molecule has 0 amide bonds. The Morgan fingerprint density at radius 2 is 1.72 bits per heavy atom. The number of benzene rings is 2. The molecule has 0 aliphatic rings. The minimum absolute atomic E-state index is 0.0256. The van der Waals surface area contributed by atoms with Crippen molar-refractivity contribution in [3.8, 4) is 0 Å². The molecule has 0 aliphatic heterocycles. The maximum Gasteiger partial charge on any atom is 0.145 e. The third-order valence-electron chi connectivity index (χ3n) is 2.66. The predicted octanol–water partition coefficient (Wildman–Crippen LogP) is 3.83. The zero-order valence-electron chi connectivity index (χ0n) is 9.70. The third kappa shape index (κ3) is 3.17. The summed E-state index contributed by atoms with van der Waals surface area (Å²) in [4.78, 5) is 11.8. The lowest BCUT2D eigenvalue weighted by Gasteiger charge is -2.04. The van der Waals surface area contributed by atoms with Crippen LogP contribution in [0.1, 0.15) is 11.1 Å². The van der Waals surface area contributed by atoms with Crippen molar-refractivity contribution in [2.75, 3.05) is 0 Å². The van der Waals surface area contributed by atoms with Crippen molar-refractivity contribution in [1.29, 1.82) is 0 Å². The fourth-order valence-corrected chi connectivity index (χ4v) is 1.98. The lowest BCUT2D eigenvalue weighted by Crippen LogP contribution is -2.08. The summed E-state index contributed by atoms with van der Waals surface area (Å²) < 4.78 is 13.6. The maximum absolute atomic E-state index is 13.6. The van der Waals surface area contributed by atoms with Crippen molar-refractivity contribution in [1.82, 2.24) is 0 Å². The summed E-state index contributed by atoms with van der Waals surface area (Å²) in [6.07, 6.45) is 0.383. The van der Waals surface area contributed by atoms with Gasteiger partial charge < -0.3 is 0 Å². The highest BCUT2D eigenvalue weighted by atomic mass is 35.5. The first-order chi connectivity index (χ1) is 8.66. The van der Waals surface area contributed by atoms with Crippen LogP contribution >= 0.6 is 11.6 Å². The second kappa shape index (κ2) is 5.78. The Kier molecular flexibility index (Phi) is 4.11. The lowest BCUT2D eigenvalue weighted by molar-refractivity contribution is -0.117. The second-order valence-electron chi connectivity index (χ2n) is 4.09. The van der Waals surface area contributed by atoms with Crippen LogP contribution < -0.4 is 0 Å². The van der Waals surface area contributed by atoms with Gasteiger partial charge in [-0.25, -0.2) is 4.39 Å². The van der Waals surface area contributed by atoms with Crippen LogP contribution in [0, 0.1) is 5.82 Å². The Balaban J connectivity index is 2.06. The fourth-order valence-electron chi connectivity index (χ4n) is 1.78. The van der Waals surface area contributed by atoms with Crippen molar-refractivity contribution in [3.05, 3.63) is 70.5 Å². The van der Waals surface area contributed by atoms with Crippen molar-refractivity contribution in [2.24, 2.45) is 0 Å². The molecule has 0 bridgehead atoms. The van der Waals surface area contributed by atoms with Crippen LogP contribution in [0.4, 0.5) is 4.39 Å². The van der Waals surface area contributed by atoms with E-state index in [0.29, 0.717) is 12.0 Å². The number of rotatable bonds is 4. The summed E-state index contributed by atoms with van der Waals surface area (Å²) in [6.45, 7) is 0. The number of carbonyl (C=O) groups excluding carboxylic acids is 1. The molecule has 0 radical (unpaired) electrons. The van der Waals surface area contributed by atoms with Gasteiger partial charge in [0.25, 0.3) is 0 Å². The van der Waals surface area contributed by atoms with Crippen molar-refractivity contribution >= 4 is 17.4 Å². The van der Waals surface area contributed by atoms with Gasteiger partial charge in [-0.3, -0.25) is 4.79 Å². The van der Waals surface area contributed by atoms with E-state index in [0.717, 1.165) is 5.56 Å². The fraction of sp³-hybridized carbons (Fsp3) is 0.133. The van der Waals surface area contributed by atoms with Crippen LogP contribution in [0.25, 0.3) is 0 Å². The largest absolute Gasteiger partial charge is 0.299 e. The molecule has 0 heterocycles. The highest BCUT2D eigenvalue weighted by Gasteiger charge is 2.11. The van der Waals surface area contributed by atoms with E-state index in [4.69, 9.17) is 11.6 Å². The number of carbonyl (C=O) groups is 1. The van der Waals surface area contributed by atoms with Gasteiger partial charge in [0.05, 0.1) is 5.02 Å². The molecule has 0 unspecified atom stereocenters. The second-order valence-corrected chi connectivity index (χ2v) is 4.50. The Bertz CT molecular complexity index is 552. The Hall–Kier alpha value is -1.67. The molecule has 92 valence electrons. The van der Waals surface area contributed by atoms with Gasteiger partial charge in [-0.1, -0.05) is 54.1 Å². The molecule has 0 saturated carbocycles. The molecule has 0 aliphatic carbocycles. The predicted molar refractivity (Wildman–Crippen MR) is 70.3 cm³/mol. The van der Waals surface area contributed by atoms with E-state index >= 15 is 0 Å². The molecule has 1 nitrogen and oxygen atoms in total. The van der Waals surface area contributed by atoms with Crippen LogP contribution in [0.15, 0.2) is 48.5 Å². The van der Waals surface area contributed by atoms with Crippen molar-refractivity contribution in [2.45, 2.75) is 12.8 Å². The zero-order valence-corrected chi connectivity index (χ0v) is 10.5.